The molecule has 1 heterocycles. The van der Waals surface area contributed by atoms with Crippen molar-refractivity contribution in [2.45, 2.75) is 12.6 Å². The van der Waals surface area contributed by atoms with Crippen LogP contribution in [0.2, 0.25) is 0 Å². The molecule has 0 aromatic carbocycles. The van der Waals surface area contributed by atoms with Gasteiger partial charge in [0.2, 0.25) is 5.88 Å². The van der Waals surface area contributed by atoms with Crippen molar-refractivity contribution >= 4 is 0 Å². The topological polar surface area (TPSA) is 45.9 Å². The van der Waals surface area contributed by atoms with Crippen molar-refractivity contribution in [1.29, 1.82) is 5.26 Å². The minimum atomic E-state index is -4.93. The van der Waals surface area contributed by atoms with Gasteiger partial charge >= 0.3 is 6.18 Å². The zero-order valence-corrected chi connectivity index (χ0v) is 8.35. The summed E-state index contributed by atoms with van der Waals surface area (Å²) < 4.78 is 66.9. The number of nitrogens with zero attached hydrogens (tertiary/aromatic N) is 2. The van der Waals surface area contributed by atoms with E-state index in [4.69, 9.17) is 5.26 Å². The molecule has 0 bridgehead atoms. The summed E-state index contributed by atoms with van der Waals surface area (Å²) in [5.74, 6) is -0.619. The fraction of sp³-hybridized carbons (Fsp3) is 0.333. The molecule has 1 aromatic rings. The first-order valence-corrected chi connectivity index (χ1v) is 4.15. The van der Waals surface area contributed by atoms with Crippen LogP contribution in [-0.4, -0.2) is 12.1 Å². The van der Waals surface area contributed by atoms with E-state index in [0.717, 1.165) is 13.2 Å². The highest BCUT2D eigenvalue weighted by molar-refractivity contribution is 5.45. The molecule has 0 aliphatic heterocycles. The van der Waals surface area contributed by atoms with Crippen LogP contribution in [0.3, 0.4) is 0 Å². The smallest absolute Gasteiger partial charge is 0.417 e. The Balaban J connectivity index is 3.58. The summed E-state index contributed by atoms with van der Waals surface area (Å²) in [5, 5.41) is 8.51. The van der Waals surface area contributed by atoms with Crippen molar-refractivity contribution in [2.24, 2.45) is 0 Å². The first-order valence-electron chi connectivity index (χ1n) is 4.15. The number of pyridine rings is 1. The third-order valence-corrected chi connectivity index (χ3v) is 1.86. The second-order valence-electron chi connectivity index (χ2n) is 2.88. The molecule has 0 saturated heterocycles. The van der Waals surface area contributed by atoms with Gasteiger partial charge in [0.25, 0.3) is 6.43 Å². The largest absolute Gasteiger partial charge is 0.481 e. The van der Waals surface area contributed by atoms with Crippen molar-refractivity contribution in [3.05, 3.63) is 22.9 Å². The van der Waals surface area contributed by atoms with E-state index in [1.807, 2.05) is 0 Å². The van der Waals surface area contributed by atoms with Gasteiger partial charge in [0, 0.05) is 6.07 Å². The van der Waals surface area contributed by atoms with Crippen LogP contribution in [0.25, 0.3) is 0 Å². The van der Waals surface area contributed by atoms with Gasteiger partial charge in [-0.3, -0.25) is 0 Å². The van der Waals surface area contributed by atoms with Crippen molar-refractivity contribution in [3.8, 4) is 11.9 Å². The Labute approximate surface area is 92.4 Å². The fourth-order valence-corrected chi connectivity index (χ4v) is 1.14. The Morgan fingerprint density at radius 1 is 1.41 bits per heavy atom. The molecule has 0 saturated carbocycles. The van der Waals surface area contributed by atoms with Gasteiger partial charge in [0.15, 0.2) is 0 Å². The van der Waals surface area contributed by atoms with Gasteiger partial charge in [-0.05, 0) is 0 Å². The molecule has 3 nitrogen and oxygen atoms in total. The van der Waals surface area contributed by atoms with Crippen LogP contribution in [0.1, 0.15) is 23.2 Å². The maximum absolute atomic E-state index is 12.5. The monoisotopic (exact) mass is 252 g/mol. The summed E-state index contributed by atoms with van der Waals surface area (Å²) in [4.78, 5) is 3.14. The molecule has 0 fully saturated rings. The van der Waals surface area contributed by atoms with Gasteiger partial charge < -0.3 is 4.74 Å². The number of ether oxygens (including phenoxy) is 1. The molecule has 0 unspecified atom stereocenters. The third kappa shape index (κ3) is 2.61. The van der Waals surface area contributed by atoms with E-state index in [0.29, 0.717) is 6.07 Å². The number of halogens is 5. The fourth-order valence-electron chi connectivity index (χ4n) is 1.14. The van der Waals surface area contributed by atoms with E-state index >= 15 is 0 Å². The summed E-state index contributed by atoms with van der Waals surface area (Å²) in [7, 11) is 0.990. The van der Waals surface area contributed by atoms with E-state index in [1.165, 1.54) is 0 Å². The average molecular weight is 252 g/mol. The molecule has 8 heteroatoms. The molecule has 0 radical (unpaired) electrons. The Hall–Kier alpha value is -1.91. The number of hydrogen-bond acceptors (Lipinski definition) is 3. The number of alkyl halides is 5. The minimum absolute atomic E-state index is 0.407. The van der Waals surface area contributed by atoms with Crippen LogP contribution in [0, 0.1) is 11.3 Å². The standard InChI is InChI=1S/C9H5F5N2O/c1-17-6-2-5(9(12,13)14)4(3-15)7(16-6)8(10)11/h2,8H,1H3. The number of rotatable bonds is 2. The van der Waals surface area contributed by atoms with Gasteiger partial charge in [-0.2, -0.15) is 18.4 Å². The molecule has 92 valence electrons. The second-order valence-corrected chi connectivity index (χ2v) is 2.88. The van der Waals surface area contributed by atoms with Crippen LogP contribution in [0.15, 0.2) is 6.07 Å². The quantitative estimate of drug-likeness (QED) is 0.760. The number of nitriles is 1. The summed E-state index contributed by atoms with van der Waals surface area (Å²) in [6, 6.07) is 1.49. The molecule has 0 atom stereocenters. The van der Waals surface area contributed by atoms with E-state index in [2.05, 4.69) is 9.72 Å². The molecule has 1 rings (SSSR count). The van der Waals surface area contributed by atoms with Gasteiger partial charge in [-0.15, -0.1) is 0 Å². The summed E-state index contributed by atoms with van der Waals surface area (Å²) in [6.07, 6.45) is -8.22. The maximum Gasteiger partial charge on any atom is 0.417 e. The third-order valence-electron chi connectivity index (χ3n) is 1.86. The number of aromatic nitrogens is 1. The Bertz CT molecular complexity index is 464. The SMILES string of the molecule is COc1cc(C(F)(F)F)c(C#N)c(C(F)F)n1. The Morgan fingerprint density at radius 2 is 2.00 bits per heavy atom. The maximum atomic E-state index is 12.5. The summed E-state index contributed by atoms with van der Waals surface area (Å²) in [6.45, 7) is 0. The van der Waals surface area contributed by atoms with Crippen LogP contribution < -0.4 is 4.74 Å². The lowest BCUT2D eigenvalue weighted by Crippen LogP contribution is -2.12. The average Bonchev–Trinajstić information content (AvgIpc) is 2.25. The zero-order valence-electron chi connectivity index (χ0n) is 8.35. The van der Waals surface area contributed by atoms with Gasteiger partial charge in [0.1, 0.15) is 11.8 Å². The lowest BCUT2D eigenvalue weighted by atomic mass is 10.1. The molecule has 0 N–H and O–H groups in total. The van der Waals surface area contributed by atoms with Gasteiger partial charge in [-0.1, -0.05) is 0 Å². The van der Waals surface area contributed by atoms with E-state index < -0.39 is 35.3 Å². The number of hydrogen-bond donors (Lipinski definition) is 0. The van der Waals surface area contributed by atoms with E-state index in [1.54, 1.807) is 0 Å². The molecule has 17 heavy (non-hydrogen) atoms. The normalized spacial score (nSPS) is 11.4. The van der Waals surface area contributed by atoms with Crippen LogP contribution in [-0.2, 0) is 6.18 Å². The van der Waals surface area contributed by atoms with Crippen LogP contribution in [0.4, 0.5) is 22.0 Å². The lowest BCUT2D eigenvalue weighted by molar-refractivity contribution is -0.138. The van der Waals surface area contributed by atoms with Gasteiger partial charge in [0.05, 0.1) is 18.2 Å². The zero-order chi connectivity index (χ0) is 13.2. The van der Waals surface area contributed by atoms with Gasteiger partial charge in [-0.25, -0.2) is 13.8 Å². The van der Waals surface area contributed by atoms with Crippen molar-refractivity contribution in [3.63, 3.8) is 0 Å². The molecule has 0 amide bonds. The first-order chi connectivity index (χ1) is 7.81. The molecular weight excluding hydrogens is 247 g/mol. The highest BCUT2D eigenvalue weighted by atomic mass is 19.4. The molecular formula is C9H5F5N2O. The van der Waals surface area contributed by atoms with Crippen LogP contribution in [0.5, 0.6) is 5.88 Å². The first kappa shape index (κ1) is 13.2. The predicted octanol–water partition coefficient (Wildman–Crippen LogP) is 2.92. The summed E-state index contributed by atoms with van der Waals surface area (Å²) in [5.41, 5.74) is -3.91. The van der Waals surface area contributed by atoms with Crippen molar-refractivity contribution in [1.82, 2.24) is 4.98 Å². The highest BCUT2D eigenvalue weighted by Crippen LogP contribution is 2.36. The lowest BCUT2D eigenvalue weighted by Gasteiger charge is -2.12. The number of methoxy groups -OCH3 is 1. The summed E-state index contributed by atoms with van der Waals surface area (Å²) >= 11 is 0. The predicted molar refractivity (Wildman–Crippen MR) is 45.5 cm³/mol. The van der Waals surface area contributed by atoms with Crippen molar-refractivity contribution < 1.29 is 26.7 Å². The Morgan fingerprint density at radius 3 is 2.35 bits per heavy atom. The second kappa shape index (κ2) is 4.53. The molecule has 0 aliphatic rings. The molecule has 0 aliphatic carbocycles. The van der Waals surface area contributed by atoms with Crippen molar-refractivity contribution in [2.75, 3.05) is 7.11 Å². The molecule has 0 spiro atoms. The van der Waals surface area contributed by atoms with E-state index in [9.17, 15) is 22.0 Å². The van der Waals surface area contributed by atoms with Crippen LogP contribution >= 0.6 is 0 Å². The minimum Gasteiger partial charge on any atom is -0.481 e. The Kier molecular flexibility index (Phi) is 3.50. The molecule has 1 aromatic heterocycles. The highest BCUT2D eigenvalue weighted by Gasteiger charge is 2.37. The van der Waals surface area contributed by atoms with E-state index in [-0.39, 0.29) is 0 Å².